The zero-order valence-corrected chi connectivity index (χ0v) is 11.1. The lowest BCUT2D eigenvalue weighted by Gasteiger charge is -2.13. The van der Waals surface area contributed by atoms with Gasteiger partial charge in [0.2, 0.25) is 10.0 Å². The number of aromatic nitrogens is 1. The predicted octanol–water partition coefficient (Wildman–Crippen LogP) is 0.838. The highest BCUT2D eigenvalue weighted by Crippen LogP contribution is 2.21. The van der Waals surface area contributed by atoms with E-state index in [1.165, 1.54) is 13.0 Å². The van der Waals surface area contributed by atoms with Crippen molar-refractivity contribution in [3.63, 3.8) is 0 Å². The van der Waals surface area contributed by atoms with Crippen LogP contribution in [0.15, 0.2) is 41.4 Å². The summed E-state index contributed by atoms with van der Waals surface area (Å²) in [6.07, 6.45) is 1.60. The van der Waals surface area contributed by atoms with Gasteiger partial charge in [0.1, 0.15) is 5.84 Å². The Morgan fingerprint density at radius 3 is 2.79 bits per heavy atom. The Morgan fingerprint density at radius 2 is 2.11 bits per heavy atom. The van der Waals surface area contributed by atoms with Crippen LogP contribution >= 0.6 is 0 Å². The van der Waals surface area contributed by atoms with Gasteiger partial charge in [-0.2, -0.15) is 0 Å². The van der Waals surface area contributed by atoms with Crippen molar-refractivity contribution in [1.82, 2.24) is 9.71 Å². The molecule has 1 unspecified atom stereocenters. The van der Waals surface area contributed by atoms with Crippen molar-refractivity contribution in [2.75, 3.05) is 0 Å². The molecule has 0 amide bonds. The Labute approximate surface area is 111 Å². The minimum absolute atomic E-state index is 0.131. The molecular formula is C12H14N4O2S. The number of pyridine rings is 1. The van der Waals surface area contributed by atoms with Gasteiger partial charge in [-0.05, 0) is 31.2 Å². The van der Waals surface area contributed by atoms with Gasteiger partial charge < -0.3 is 5.73 Å². The van der Waals surface area contributed by atoms with Gasteiger partial charge in [0.15, 0.2) is 0 Å². The molecule has 0 spiro atoms. The summed E-state index contributed by atoms with van der Waals surface area (Å²) in [6, 6.07) is 7.48. The molecule has 0 saturated carbocycles. The molecule has 0 aliphatic carbocycles. The van der Waals surface area contributed by atoms with Crippen LogP contribution in [-0.2, 0) is 10.0 Å². The highest BCUT2D eigenvalue weighted by molar-refractivity contribution is 7.89. The van der Waals surface area contributed by atoms with Gasteiger partial charge in [0.25, 0.3) is 0 Å². The van der Waals surface area contributed by atoms with Crippen molar-refractivity contribution in [3.8, 4) is 0 Å². The number of amidine groups is 1. The highest BCUT2D eigenvalue weighted by Gasteiger charge is 2.21. The summed E-state index contributed by atoms with van der Waals surface area (Å²) >= 11 is 0. The Bertz CT molecular complexity index is 722. The van der Waals surface area contributed by atoms with Crippen LogP contribution in [0.1, 0.15) is 6.92 Å². The zero-order valence-electron chi connectivity index (χ0n) is 10.3. The fourth-order valence-electron chi connectivity index (χ4n) is 1.67. The van der Waals surface area contributed by atoms with E-state index in [4.69, 9.17) is 11.1 Å². The first kappa shape index (κ1) is 13.4. The second-order valence-electron chi connectivity index (χ2n) is 4.12. The number of nitrogens with zero attached hydrogens (tertiary/aromatic N) is 1. The van der Waals surface area contributed by atoms with Gasteiger partial charge in [0, 0.05) is 11.6 Å². The van der Waals surface area contributed by atoms with E-state index in [9.17, 15) is 8.42 Å². The maximum absolute atomic E-state index is 12.3. The molecule has 19 heavy (non-hydrogen) atoms. The first-order valence-corrected chi connectivity index (χ1v) is 7.10. The number of hydrogen-bond donors (Lipinski definition) is 3. The number of nitrogens with two attached hydrogens (primary N) is 1. The van der Waals surface area contributed by atoms with Gasteiger partial charge >= 0.3 is 0 Å². The van der Waals surface area contributed by atoms with Crippen LogP contribution in [0.2, 0.25) is 0 Å². The van der Waals surface area contributed by atoms with Crippen molar-refractivity contribution < 1.29 is 8.42 Å². The molecule has 6 nitrogen and oxygen atoms in total. The molecule has 0 saturated heterocycles. The van der Waals surface area contributed by atoms with Crippen molar-refractivity contribution in [1.29, 1.82) is 5.41 Å². The Balaban J connectivity index is 2.52. The van der Waals surface area contributed by atoms with Crippen LogP contribution in [0, 0.1) is 5.41 Å². The van der Waals surface area contributed by atoms with Crippen LogP contribution < -0.4 is 10.5 Å². The van der Waals surface area contributed by atoms with E-state index in [1.54, 1.807) is 30.5 Å². The van der Waals surface area contributed by atoms with Crippen LogP contribution in [0.4, 0.5) is 0 Å². The SMILES string of the molecule is CC(NS(=O)(=O)c1cccc2ncccc12)C(=N)N. The number of nitrogens with one attached hydrogen (secondary N) is 2. The summed E-state index contributed by atoms with van der Waals surface area (Å²) in [4.78, 5) is 4.24. The second-order valence-corrected chi connectivity index (χ2v) is 5.81. The number of sulfonamides is 1. The normalized spacial score (nSPS) is 13.3. The topological polar surface area (TPSA) is 109 Å². The van der Waals surface area contributed by atoms with Gasteiger partial charge in [-0.25, -0.2) is 13.1 Å². The summed E-state index contributed by atoms with van der Waals surface area (Å²) in [5.41, 5.74) is 5.88. The Kier molecular flexibility index (Phi) is 3.50. The van der Waals surface area contributed by atoms with Crippen molar-refractivity contribution in [2.45, 2.75) is 17.9 Å². The molecule has 0 aliphatic rings. The first-order valence-electron chi connectivity index (χ1n) is 5.62. The Morgan fingerprint density at radius 1 is 1.37 bits per heavy atom. The fourth-order valence-corrected chi connectivity index (χ4v) is 3.11. The molecular weight excluding hydrogens is 264 g/mol. The Hall–Kier alpha value is -1.99. The predicted molar refractivity (Wildman–Crippen MR) is 73.4 cm³/mol. The van der Waals surface area contributed by atoms with E-state index in [0.29, 0.717) is 10.9 Å². The number of fused-ring (bicyclic) bond motifs is 1. The lowest BCUT2D eigenvalue weighted by atomic mass is 10.2. The largest absolute Gasteiger partial charge is 0.386 e. The molecule has 7 heteroatoms. The monoisotopic (exact) mass is 278 g/mol. The number of benzene rings is 1. The summed E-state index contributed by atoms with van der Waals surface area (Å²) in [5, 5.41) is 7.78. The summed E-state index contributed by atoms with van der Waals surface area (Å²) in [7, 11) is -3.74. The van der Waals surface area contributed by atoms with Gasteiger partial charge in [-0.15, -0.1) is 0 Å². The van der Waals surface area contributed by atoms with Gasteiger partial charge in [0.05, 0.1) is 16.5 Å². The third kappa shape index (κ3) is 2.72. The van der Waals surface area contributed by atoms with Gasteiger partial charge in [-0.3, -0.25) is 10.4 Å². The molecule has 1 heterocycles. The van der Waals surface area contributed by atoms with Crippen molar-refractivity contribution in [2.24, 2.45) is 5.73 Å². The number of rotatable bonds is 4. The average Bonchev–Trinajstić information content (AvgIpc) is 2.37. The van der Waals surface area contributed by atoms with E-state index >= 15 is 0 Å². The fraction of sp³-hybridized carbons (Fsp3) is 0.167. The van der Waals surface area contributed by atoms with Crippen LogP contribution in [-0.4, -0.2) is 25.3 Å². The molecule has 1 aromatic heterocycles. The van der Waals surface area contributed by atoms with Crippen molar-refractivity contribution in [3.05, 3.63) is 36.5 Å². The minimum Gasteiger partial charge on any atom is -0.386 e. The minimum atomic E-state index is -3.74. The standard InChI is InChI=1S/C12H14N4O2S/c1-8(12(13)14)16-19(17,18)11-6-2-5-10-9(11)4-3-7-15-10/h2-8,16H,1H3,(H3,13,14). The zero-order chi connectivity index (χ0) is 14.0. The molecule has 0 bridgehead atoms. The maximum Gasteiger partial charge on any atom is 0.241 e. The third-order valence-electron chi connectivity index (χ3n) is 2.69. The van der Waals surface area contributed by atoms with E-state index in [0.717, 1.165) is 0 Å². The molecule has 4 N–H and O–H groups in total. The van der Waals surface area contributed by atoms with E-state index < -0.39 is 16.1 Å². The quantitative estimate of drug-likeness (QED) is 0.568. The molecule has 0 radical (unpaired) electrons. The highest BCUT2D eigenvalue weighted by atomic mass is 32.2. The summed E-state index contributed by atoms with van der Waals surface area (Å²) in [6.45, 7) is 1.52. The average molecular weight is 278 g/mol. The molecule has 0 fully saturated rings. The maximum atomic E-state index is 12.3. The van der Waals surface area contributed by atoms with Crippen LogP contribution in [0.3, 0.4) is 0 Å². The summed E-state index contributed by atoms with van der Waals surface area (Å²) < 4.78 is 26.9. The second kappa shape index (κ2) is 4.94. The van der Waals surface area contributed by atoms with Crippen molar-refractivity contribution >= 4 is 26.8 Å². The van der Waals surface area contributed by atoms with Crippen LogP contribution in [0.5, 0.6) is 0 Å². The molecule has 100 valence electrons. The van der Waals surface area contributed by atoms with E-state index in [-0.39, 0.29) is 10.7 Å². The van der Waals surface area contributed by atoms with E-state index in [1.807, 2.05) is 0 Å². The summed E-state index contributed by atoms with van der Waals surface area (Å²) in [5.74, 6) is -0.234. The van der Waals surface area contributed by atoms with Crippen LogP contribution in [0.25, 0.3) is 10.9 Å². The molecule has 0 aliphatic heterocycles. The van der Waals surface area contributed by atoms with E-state index in [2.05, 4.69) is 9.71 Å². The molecule has 2 rings (SSSR count). The smallest absolute Gasteiger partial charge is 0.241 e. The first-order chi connectivity index (χ1) is 8.92. The molecule has 1 aromatic carbocycles. The van der Waals surface area contributed by atoms with Gasteiger partial charge in [-0.1, -0.05) is 6.07 Å². The molecule has 1 atom stereocenters. The lowest BCUT2D eigenvalue weighted by molar-refractivity contribution is 0.579. The third-order valence-corrected chi connectivity index (χ3v) is 4.29. The lowest BCUT2D eigenvalue weighted by Crippen LogP contribution is -2.41. The molecule has 2 aromatic rings. The number of hydrogen-bond acceptors (Lipinski definition) is 4.